The second-order valence-electron chi connectivity index (χ2n) is 5.82. The average Bonchev–Trinajstić information content (AvgIpc) is 2.35. The summed E-state index contributed by atoms with van der Waals surface area (Å²) in [5.74, 6) is 0.692. The molecule has 17 heavy (non-hydrogen) atoms. The molecule has 0 aliphatic heterocycles. The zero-order valence-corrected chi connectivity index (χ0v) is 11.9. The van der Waals surface area contributed by atoms with Gasteiger partial charge in [0.2, 0.25) is 0 Å². The van der Waals surface area contributed by atoms with Gasteiger partial charge < -0.3 is 10.5 Å². The van der Waals surface area contributed by atoms with Gasteiger partial charge in [-0.25, -0.2) is 0 Å². The van der Waals surface area contributed by atoms with E-state index in [0.29, 0.717) is 5.92 Å². The smallest absolute Gasteiger partial charge is 0.0589 e. The molecule has 1 aliphatic carbocycles. The number of nitrogens with two attached hydrogens (primary N) is 1. The summed E-state index contributed by atoms with van der Waals surface area (Å²) in [6.45, 7) is 8.34. The highest BCUT2D eigenvalue weighted by Gasteiger charge is 2.36. The van der Waals surface area contributed by atoms with E-state index in [9.17, 15) is 0 Å². The lowest BCUT2D eigenvalue weighted by Gasteiger charge is -2.46. The number of hydrogen-bond donors (Lipinski definition) is 1. The largest absolute Gasteiger partial charge is 0.383 e. The molecule has 0 aromatic carbocycles. The van der Waals surface area contributed by atoms with E-state index in [1.165, 1.54) is 32.1 Å². The molecular weight excluding hydrogens is 212 g/mol. The van der Waals surface area contributed by atoms with Crippen molar-refractivity contribution >= 4 is 0 Å². The Bertz CT molecular complexity index is 200. The van der Waals surface area contributed by atoms with E-state index in [4.69, 9.17) is 10.5 Å². The van der Waals surface area contributed by atoms with Crippen LogP contribution < -0.4 is 5.73 Å². The first-order chi connectivity index (χ1) is 8.14. The molecule has 2 N–H and O–H groups in total. The van der Waals surface area contributed by atoms with Gasteiger partial charge >= 0.3 is 0 Å². The highest BCUT2D eigenvalue weighted by molar-refractivity contribution is 4.94. The predicted molar refractivity (Wildman–Crippen MR) is 73.2 cm³/mol. The minimum Gasteiger partial charge on any atom is -0.383 e. The molecule has 102 valence electrons. The normalized spacial score (nSPS) is 20.1. The van der Waals surface area contributed by atoms with E-state index >= 15 is 0 Å². The molecule has 3 heteroatoms. The fraction of sp³-hybridized carbons (Fsp3) is 1.00. The second-order valence-corrected chi connectivity index (χ2v) is 5.82. The molecule has 0 aromatic rings. The lowest BCUT2D eigenvalue weighted by Crippen LogP contribution is -2.56. The Morgan fingerprint density at radius 2 is 1.88 bits per heavy atom. The van der Waals surface area contributed by atoms with E-state index in [1.807, 2.05) is 0 Å². The van der Waals surface area contributed by atoms with Crippen LogP contribution in [-0.4, -0.2) is 43.8 Å². The summed E-state index contributed by atoms with van der Waals surface area (Å²) < 4.78 is 5.25. The van der Waals surface area contributed by atoms with Crippen molar-refractivity contribution < 1.29 is 4.74 Å². The molecule has 0 atom stereocenters. The van der Waals surface area contributed by atoms with Gasteiger partial charge in [-0.05, 0) is 18.8 Å². The summed E-state index contributed by atoms with van der Waals surface area (Å²) in [5.41, 5.74) is 6.36. The molecule has 0 unspecified atom stereocenters. The van der Waals surface area contributed by atoms with Gasteiger partial charge in [-0.1, -0.05) is 33.1 Å². The molecule has 3 nitrogen and oxygen atoms in total. The first-order valence-corrected chi connectivity index (χ1v) is 7.08. The maximum absolute atomic E-state index is 6.10. The van der Waals surface area contributed by atoms with E-state index in [0.717, 1.165) is 26.2 Å². The van der Waals surface area contributed by atoms with Crippen LogP contribution in [0.2, 0.25) is 0 Å². The van der Waals surface area contributed by atoms with Crippen molar-refractivity contribution in [1.82, 2.24) is 4.90 Å². The summed E-state index contributed by atoms with van der Waals surface area (Å²) in [5, 5.41) is 0. The third-order valence-electron chi connectivity index (χ3n) is 3.99. The minimum absolute atomic E-state index is 0.251. The Morgan fingerprint density at radius 3 is 2.35 bits per heavy atom. The van der Waals surface area contributed by atoms with Gasteiger partial charge in [0.05, 0.1) is 6.61 Å². The van der Waals surface area contributed by atoms with Crippen LogP contribution >= 0.6 is 0 Å². The number of rotatable bonds is 7. The summed E-state index contributed by atoms with van der Waals surface area (Å²) in [6, 6.07) is 0. The maximum Gasteiger partial charge on any atom is 0.0589 e. The summed E-state index contributed by atoms with van der Waals surface area (Å²) in [7, 11) is 1.78. The van der Waals surface area contributed by atoms with E-state index in [2.05, 4.69) is 18.7 Å². The fourth-order valence-electron chi connectivity index (χ4n) is 3.02. The molecule has 1 fully saturated rings. The molecule has 1 aliphatic rings. The number of methoxy groups -OCH3 is 1. The standard InChI is InChI=1S/C14H30N2O/c1-13(2)11-16(9-10-17-3)14(12-15)7-5-4-6-8-14/h13H,4-12,15H2,1-3H3. The Balaban J connectivity index is 2.68. The summed E-state index contributed by atoms with van der Waals surface area (Å²) in [6.07, 6.45) is 6.57. The number of nitrogens with zero attached hydrogens (tertiary/aromatic N) is 1. The topological polar surface area (TPSA) is 38.5 Å². The van der Waals surface area contributed by atoms with E-state index in [-0.39, 0.29) is 5.54 Å². The van der Waals surface area contributed by atoms with Crippen LogP contribution in [0, 0.1) is 5.92 Å². The van der Waals surface area contributed by atoms with Crippen LogP contribution in [0.25, 0.3) is 0 Å². The van der Waals surface area contributed by atoms with Crippen molar-refractivity contribution in [3.63, 3.8) is 0 Å². The maximum atomic E-state index is 6.10. The van der Waals surface area contributed by atoms with Gasteiger partial charge in [-0.2, -0.15) is 0 Å². The molecule has 0 spiro atoms. The summed E-state index contributed by atoms with van der Waals surface area (Å²) >= 11 is 0. The number of hydrogen-bond acceptors (Lipinski definition) is 3. The van der Waals surface area contributed by atoms with Crippen molar-refractivity contribution in [2.24, 2.45) is 11.7 Å². The van der Waals surface area contributed by atoms with Crippen LogP contribution in [-0.2, 0) is 4.74 Å². The molecule has 0 saturated heterocycles. The van der Waals surface area contributed by atoms with Gasteiger partial charge in [-0.15, -0.1) is 0 Å². The van der Waals surface area contributed by atoms with Crippen molar-refractivity contribution in [3.8, 4) is 0 Å². The lowest BCUT2D eigenvalue weighted by molar-refractivity contribution is 0.0248. The molecule has 0 amide bonds. The molecule has 1 saturated carbocycles. The molecule has 1 rings (SSSR count). The van der Waals surface area contributed by atoms with Crippen LogP contribution in [0.1, 0.15) is 46.0 Å². The van der Waals surface area contributed by atoms with Gasteiger partial charge in [0.1, 0.15) is 0 Å². The quantitative estimate of drug-likeness (QED) is 0.744. The summed E-state index contributed by atoms with van der Waals surface area (Å²) in [4.78, 5) is 2.60. The van der Waals surface area contributed by atoms with Crippen LogP contribution in [0.5, 0.6) is 0 Å². The van der Waals surface area contributed by atoms with Crippen molar-refractivity contribution in [3.05, 3.63) is 0 Å². The Morgan fingerprint density at radius 1 is 1.24 bits per heavy atom. The van der Waals surface area contributed by atoms with Crippen molar-refractivity contribution in [1.29, 1.82) is 0 Å². The van der Waals surface area contributed by atoms with Gasteiger partial charge in [-0.3, -0.25) is 4.90 Å². The first kappa shape index (κ1) is 14.9. The molecular formula is C14H30N2O. The molecule has 0 radical (unpaired) electrons. The Kier molecular flexibility index (Phi) is 6.45. The third-order valence-corrected chi connectivity index (χ3v) is 3.99. The minimum atomic E-state index is 0.251. The third kappa shape index (κ3) is 4.23. The SMILES string of the molecule is COCCN(CC(C)C)C1(CN)CCCCC1. The van der Waals surface area contributed by atoms with Gasteiger partial charge in [0.15, 0.2) is 0 Å². The van der Waals surface area contributed by atoms with E-state index < -0.39 is 0 Å². The monoisotopic (exact) mass is 242 g/mol. The van der Waals surface area contributed by atoms with Crippen LogP contribution in [0.15, 0.2) is 0 Å². The van der Waals surface area contributed by atoms with Gasteiger partial charge in [0, 0.05) is 32.3 Å². The fourth-order valence-corrected chi connectivity index (χ4v) is 3.02. The van der Waals surface area contributed by atoms with Crippen LogP contribution in [0.3, 0.4) is 0 Å². The number of ether oxygens (including phenoxy) is 1. The van der Waals surface area contributed by atoms with Gasteiger partial charge in [0.25, 0.3) is 0 Å². The van der Waals surface area contributed by atoms with E-state index in [1.54, 1.807) is 7.11 Å². The van der Waals surface area contributed by atoms with Crippen LogP contribution in [0.4, 0.5) is 0 Å². The first-order valence-electron chi connectivity index (χ1n) is 7.08. The average molecular weight is 242 g/mol. The molecule has 0 aromatic heterocycles. The predicted octanol–water partition coefficient (Wildman–Crippen LogP) is 2.25. The highest BCUT2D eigenvalue weighted by atomic mass is 16.5. The Hall–Kier alpha value is -0.120. The second kappa shape index (κ2) is 7.34. The lowest BCUT2D eigenvalue weighted by atomic mass is 9.80. The zero-order valence-electron chi connectivity index (χ0n) is 11.9. The molecule has 0 bridgehead atoms. The zero-order chi connectivity index (χ0) is 12.7. The highest BCUT2D eigenvalue weighted by Crippen LogP contribution is 2.33. The Labute approximate surface area is 107 Å². The molecule has 0 heterocycles. The van der Waals surface area contributed by atoms with Crippen molar-refractivity contribution in [2.75, 3.05) is 33.4 Å². The van der Waals surface area contributed by atoms with Crippen molar-refractivity contribution in [2.45, 2.75) is 51.5 Å².